The van der Waals surface area contributed by atoms with Crippen molar-refractivity contribution in [2.24, 2.45) is 11.7 Å². The fraction of sp³-hybridized carbons (Fsp3) is 0.846. The molecule has 1 aliphatic rings. The normalized spacial score (nSPS) is 22.7. The van der Waals surface area contributed by atoms with Gasteiger partial charge in [0.2, 0.25) is 5.91 Å². The Labute approximate surface area is 119 Å². The maximum atomic E-state index is 12.4. The molecule has 0 radical (unpaired) electrons. The van der Waals surface area contributed by atoms with Gasteiger partial charge in [0, 0.05) is 18.1 Å². The van der Waals surface area contributed by atoms with Crippen molar-refractivity contribution in [2.75, 3.05) is 24.7 Å². The number of carbonyl (C=O) groups is 2. The van der Waals surface area contributed by atoms with Gasteiger partial charge in [0.25, 0.3) is 0 Å². The Kier molecular flexibility index (Phi) is 6.65. The highest BCUT2D eigenvalue weighted by atomic mass is 32.2. The third-order valence-electron chi connectivity index (χ3n) is 3.51. The van der Waals surface area contributed by atoms with E-state index in [1.54, 1.807) is 23.6 Å². The zero-order chi connectivity index (χ0) is 14.4. The molecule has 3 atom stereocenters. The number of hydrogen-bond acceptors (Lipinski definition) is 5. The minimum absolute atomic E-state index is 0.116. The minimum atomic E-state index is -0.537. The highest BCUT2D eigenvalue weighted by Crippen LogP contribution is 2.20. The van der Waals surface area contributed by atoms with E-state index in [0.29, 0.717) is 18.9 Å². The van der Waals surface area contributed by atoms with Crippen LogP contribution in [0.4, 0.5) is 0 Å². The number of amides is 1. The van der Waals surface area contributed by atoms with Crippen LogP contribution in [0.2, 0.25) is 0 Å². The summed E-state index contributed by atoms with van der Waals surface area (Å²) in [6.45, 7) is 6.63. The molecule has 110 valence electrons. The van der Waals surface area contributed by atoms with E-state index in [1.807, 2.05) is 13.8 Å². The van der Waals surface area contributed by atoms with Crippen LogP contribution in [-0.4, -0.2) is 53.5 Å². The fourth-order valence-corrected chi connectivity index (χ4v) is 3.02. The SMILES string of the molecule is CCOC(=O)C1CSCCN1C(=O)C(N)C(C)CC. The molecular formula is C13H24N2O3S. The molecule has 1 aliphatic heterocycles. The van der Waals surface area contributed by atoms with Crippen LogP contribution in [0.5, 0.6) is 0 Å². The quantitative estimate of drug-likeness (QED) is 0.760. The van der Waals surface area contributed by atoms with Crippen LogP contribution in [0, 0.1) is 5.92 Å². The highest BCUT2D eigenvalue weighted by Gasteiger charge is 2.36. The number of carbonyl (C=O) groups excluding carboxylic acids is 2. The molecule has 6 heteroatoms. The highest BCUT2D eigenvalue weighted by molar-refractivity contribution is 7.99. The first-order valence-corrected chi connectivity index (χ1v) is 7.98. The van der Waals surface area contributed by atoms with E-state index in [9.17, 15) is 9.59 Å². The summed E-state index contributed by atoms with van der Waals surface area (Å²) >= 11 is 1.67. The molecule has 0 aromatic carbocycles. The molecule has 3 unspecified atom stereocenters. The van der Waals surface area contributed by atoms with Crippen LogP contribution in [0.3, 0.4) is 0 Å². The van der Waals surface area contributed by atoms with Crippen molar-refractivity contribution < 1.29 is 14.3 Å². The van der Waals surface area contributed by atoms with Gasteiger partial charge in [0.1, 0.15) is 6.04 Å². The summed E-state index contributed by atoms with van der Waals surface area (Å²) in [4.78, 5) is 25.9. The average molecular weight is 288 g/mol. The molecule has 1 amide bonds. The van der Waals surface area contributed by atoms with Crippen LogP contribution in [0.15, 0.2) is 0 Å². The first-order chi connectivity index (χ1) is 9.02. The van der Waals surface area contributed by atoms with Crippen LogP contribution in [0.1, 0.15) is 27.2 Å². The van der Waals surface area contributed by atoms with Gasteiger partial charge in [0.05, 0.1) is 12.6 Å². The Hall–Kier alpha value is -0.750. The van der Waals surface area contributed by atoms with E-state index in [1.165, 1.54) is 0 Å². The zero-order valence-electron chi connectivity index (χ0n) is 11.9. The van der Waals surface area contributed by atoms with Gasteiger partial charge in [-0.05, 0) is 12.8 Å². The Morgan fingerprint density at radius 1 is 1.47 bits per heavy atom. The second-order valence-electron chi connectivity index (χ2n) is 4.79. The van der Waals surface area contributed by atoms with E-state index in [-0.39, 0.29) is 17.8 Å². The van der Waals surface area contributed by atoms with E-state index in [4.69, 9.17) is 10.5 Å². The summed E-state index contributed by atoms with van der Waals surface area (Å²) in [5.74, 6) is 1.10. The third kappa shape index (κ3) is 4.11. The Morgan fingerprint density at radius 3 is 2.74 bits per heavy atom. The predicted molar refractivity (Wildman–Crippen MR) is 76.9 cm³/mol. The summed E-state index contributed by atoms with van der Waals surface area (Å²) in [5.41, 5.74) is 5.99. The molecule has 19 heavy (non-hydrogen) atoms. The van der Waals surface area contributed by atoms with Gasteiger partial charge in [-0.3, -0.25) is 4.79 Å². The van der Waals surface area contributed by atoms with Gasteiger partial charge >= 0.3 is 5.97 Å². The van der Waals surface area contributed by atoms with Gasteiger partial charge in [-0.15, -0.1) is 0 Å². The van der Waals surface area contributed by atoms with Gasteiger partial charge in [-0.25, -0.2) is 4.79 Å². The molecule has 0 aromatic heterocycles. The summed E-state index contributed by atoms with van der Waals surface area (Å²) in [6, 6.07) is -1.02. The van der Waals surface area contributed by atoms with Crippen molar-refractivity contribution in [3.8, 4) is 0 Å². The van der Waals surface area contributed by atoms with Crippen LogP contribution < -0.4 is 5.73 Å². The Morgan fingerprint density at radius 2 is 2.16 bits per heavy atom. The Bertz CT molecular complexity index is 325. The number of ether oxygens (including phenoxy) is 1. The number of nitrogens with two attached hydrogens (primary N) is 1. The second kappa shape index (κ2) is 7.75. The van der Waals surface area contributed by atoms with Crippen LogP contribution >= 0.6 is 11.8 Å². The van der Waals surface area contributed by atoms with Crippen molar-refractivity contribution in [3.05, 3.63) is 0 Å². The lowest BCUT2D eigenvalue weighted by Gasteiger charge is -2.36. The summed E-state index contributed by atoms with van der Waals surface area (Å²) in [6.07, 6.45) is 0.847. The molecule has 1 rings (SSSR count). The number of esters is 1. The van der Waals surface area contributed by atoms with Crippen molar-refractivity contribution in [2.45, 2.75) is 39.3 Å². The largest absolute Gasteiger partial charge is 0.464 e. The minimum Gasteiger partial charge on any atom is -0.464 e. The van der Waals surface area contributed by atoms with Gasteiger partial charge in [0.15, 0.2) is 0 Å². The predicted octanol–water partition coefficient (Wildman–Crippen LogP) is 0.867. The molecular weight excluding hydrogens is 264 g/mol. The molecule has 2 N–H and O–H groups in total. The number of thioether (sulfide) groups is 1. The number of hydrogen-bond donors (Lipinski definition) is 1. The number of nitrogens with zero attached hydrogens (tertiary/aromatic N) is 1. The molecule has 0 aliphatic carbocycles. The van der Waals surface area contributed by atoms with Gasteiger partial charge in [-0.1, -0.05) is 20.3 Å². The summed E-state index contributed by atoms with van der Waals surface area (Å²) < 4.78 is 5.04. The lowest BCUT2D eigenvalue weighted by atomic mass is 9.98. The average Bonchev–Trinajstić information content (AvgIpc) is 2.45. The molecule has 1 fully saturated rings. The van der Waals surface area contributed by atoms with Crippen LogP contribution in [0.25, 0.3) is 0 Å². The van der Waals surface area contributed by atoms with Gasteiger partial charge in [-0.2, -0.15) is 11.8 Å². The molecule has 0 bridgehead atoms. The fourth-order valence-electron chi connectivity index (χ4n) is 1.99. The molecule has 0 spiro atoms. The molecule has 1 saturated heterocycles. The molecule has 0 aromatic rings. The Balaban J connectivity index is 2.76. The zero-order valence-corrected chi connectivity index (χ0v) is 12.7. The molecule has 1 heterocycles. The third-order valence-corrected chi connectivity index (χ3v) is 4.54. The van der Waals surface area contributed by atoms with E-state index in [0.717, 1.165) is 12.2 Å². The van der Waals surface area contributed by atoms with Gasteiger partial charge < -0.3 is 15.4 Å². The summed E-state index contributed by atoms with van der Waals surface area (Å²) in [5, 5.41) is 0. The lowest BCUT2D eigenvalue weighted by molar-refractivity contribution is -0.154. The van der Waals surface area contributed by atoms with E-state index >= 15 is 0 Å². The summed E-state index contributed by atoms with van der Waals surface area (Å²) in [7, 11) is 0. The van der Waals surface area contributed by atoms with Crippen molar-refractivity contribution in [1.29, 1.82) is 0 Å². The molecule has 0 saturated carbocycles. The molecule has 5 nitrogen and oxygen atoms in total. The van der Waals surface area contributed by atoms with Crippen molar-refractivity contribution in [3.63, 3.8) is 0 Å². The lowest BCUT2D eigenvalue weighted by Crippen LogP contribution is -2.56. The van der Waals surface area contributed by atoms with Crippen molar-refractivity contribution >= 4 is 23.6 Å². The first kappa shape index (κ1) is 16.3. The number of rotatable bonds is 5. The smallest absolute Gasteiger partial charge is 0.329 e. The first-order valence-electron chi connectivity index (χ1n) is 6.83. The monoisotopic (exact) mass is 288 g/mol. The van der Waals surface area contributed by atoms with Crippen molar-refractivity contribution in [1.82, 2.24) is 4.90 Å². The maximum Gasteiger partial charge on any atom is 0.329 e. The van der Waals surface area contributed by atoms with Crippen LogP contribution in [-0.2, 0) is 14.3 Å². The maximum absolute atomic E-state index is 12.4. The second-order valence-corrected chi connectivity index (χ2v) is 5.94. The standard InChI is InChI=1S/C13H24N2O3S/c1-4-9(3)11(14)12(16)15-6-7-19-8-10(15)13(17)18-5-2/h9-11H,4-8,14H2,1-3H3. The van der Waals surface area contributed by atoms with E-state index < -0.39 is 12.1 Å². The van der Waals surface area contributed by atoms with E-state index in [2.05, 4.69) is 0 Å². The topological polar surface area (TPSA) is 72.6 Å².